The molecule has 26 heavy (non-hydrogen) atoms. The zero-order valence-corrected chi connectivity index (χ0v) is 15.4. The van der Waals surface area contributed by atoms with E-state index in [0.717, 1.165) is 36.8 Å². The van der Waals surface area contributed by atoms with Crippen molar-refractivity contribution in [1.29, 1.82) is 0 Å². The number of aliphatic carboxylic acids is 1. The smallest absolute Gasteiger partial charge is 0.334 e. The Bertz CT molecular complexity index is 748. The molecule has 1 aromatic rings. The molecule has 0 amide bonds. The molecule has 0 bridgehead atoms. The molecular weight excluding hydrogens is 332 g/mol. The minimum atomic E-state index is -0.859. The molecule has 4 rings (SSSR count). The summed E-state index contributed by atoms with van der Waals surface area (Å²) in [7, 11) is 0. The van der Waals surface area contributed by atoms with Gasteiger partial charge >= 0.3 is 11.9 Å². The lowest BCUT2D eigenvalue weighted by atomic mass is 9.45. The molecule has 0 aromatic carbocycles. The lowest BCUT2D eigenvalue weighted by Crippen LogP contribution is -2.57. The van der Waals surface area contributed by atoms with Crippen LogP contribution < -0.4 is 0 Å². The van der Waals surface area contributed by atoms with Crippen LogP contribution in [0.2, 0.25) is 0 Å². The summed E-state index contributed by atoms with van der Waals surface area (Å²) in [5, 5.41) is 10.5. The molecule has 1 N–H and O–H groups in total. The molecule has 0 radical (unpaired) electrons. The molecule has 140 valence electrons. The minimum Gasteiger partial charge on any atom is -0.481 e. The predicted molar refractivity (Wildman–Crippen MR) is 94.4 cm³/mol. The van der Waals surface area contributed by atoms with Gasteiger partial charge in [0.1, 0.15) is 6.61 Å². The Labute approximate surface area is 153 Å². The Morgan fingerprint density at radius 3 is 2.92 bits per heavy atom. The predicted octanol–water partition coefficient (Wildman–Crippen LogP) is 4.15. The van der Waals surface area contributed by atoms with E-state index < -0.39 is 16.8 Å². The summed E-state index contributed by atoms with van der Waals surface area (Å²) in [6.45, 7) is 4.47. The van der Waals surface area contributed by atoms with Gasteiger partial charge in [-0.3, -0.25) is 4.79 Å². The van der Waals surface area contributed by atoms with Crippen LogP contribution in [0.15, 0.2) is 34.7 Å². The second kappa shape index (κ2) is 6.00. The third-order valence-electron chi connectivity index (χ3n) is 7.37. The molecule has 1 aromatic heterocycles. The first-order valence-electron chi connectivity index (χ1n) is 9.55. The number of ether oxygens (including phenoxy) is 1. The van der Waals surface area contributed by atoms with Crippen LogP contribution in [0.1, 0.15) is 57.4 Å². The number of esters is 1. The van der Waals surface area contributed by atoms with E-state index in [-0.39, 0.29) is 23.7 Å². The van der Waals surface area contributed by atoms with Gasteiger partial charge in [-0.25, -0.2) is 4.79 Å². The molecule has 2 heterocycles. The van der Waals surface area contributed by atoms with Gasteiger partial charge < -0.3 is 14.3 Å². The van der Waals surface area contributed by atoms with E-state index in [4.69, 9.17) is 9.15 Å². The van der Waals surface area contributed by atoms with Crippen LogP contribution in [-0.4, -0.2) is 23.7 Å². The van der Waals surface area contributed by atoms with Gasteiger partial charge in [0.25, 0.3) is 0 Å². The van der Waals surface area contributed by atoms with Crippen molar-refractivity contribution in [3.63, 3.8) is 0 Å². The van der Waals surface area contributed by atoms with Crippen molar-refractivity contribution in [2.24, 2.45) is 22.7 Å². The molecule has 2 fully saturated rings. The molecule has 1 spiro atoms. The van der Waals surface area contributed by atoms with Crippen molar-refractivity contribution in [3.8, 4) is 0 Å². The number of carbonyl (C=O) groups is 2. The topological polar surface area (TPSA) is 76.7 Å². The maximum Gasteiger partial charge on any atom is 0.334 e. The second-order valence-corrected chi connectivity index (χ2v) is 8.43. The second-order valence-electron chi connectivity index (χ2n) is 8.43. The van der Waals surface area contributed by atoms with Crippen LogP contribution in [0.4, 0.5) is 0 Å². The fourth-order valence-corrected chi connectivity index (χ4v) is 5.98. The number of rotatable bonds is 4. The van der Waals surface area contributed by atoms with Gasteiger partial charge in [0.05, 0.1) is 17.9 Å². The molecular formula is C21H26O5. The van der Waals surface area contributed by atoms with Gasteiger partial charge in [-0.15, -0.1) is 0 Å². The fraction of sp³-hybridized carbons (Fsp3) is 0.619. The summed E-state index contributed by atoms with van der Waals surface area (Å²) in [5.74, 6) is -0.914. The molecule has 5 atom stereocenters. The van der Waals surface area contributed by atoms with E-state index in [1.165, 1.54) is 0 Å². The van der Waals surface area contributed by atoms with Gasteiger partial charge in [0, 0.05) is 11.0 Å². The molecule has 5 heteroatoms. The standard InChI is InChI=1S/C21H26O5/c1-13(15-7-9-25-11-15)10-21(19(23)24)14(2)6-8-20-12-26-18(22)16(20)4-3-5-17(20)21/h4,7,9,11,13-14,17H,3,5-6,8,10,12H2,1-2H3,(H,23,24)/t13-,14-,17+,20-,21-/m1/s1. The van der Waals surface area contributed by atoms with E-state index in [1.54, 1.807) is 12.5 Å². The average Bonchev–Trinajstić information content (AvgIpc) is 3.26. The summed E-state index contributed by atoms with van der Waals surface area (Å²) >= 11 is 0. The zero-order valence-electron chi connectivity index (χ0n) is 15.4. The first-order valence-corrected chi connectivity index (χ1v) is 9.55. The summed E-state index contributed by atoms with van der Waals surface area (Å²) in [5.41, 5.74) is 0.490. The Kier molecular flexibility index (Phi) is 4.01. The van der Waals surface area contributed by atoms with Gasteiger partial charge in [-0.1, -0.05) is 19.9 Å². The minimum absolute atomic E-state index is 0.0556. The maximum atomic E-state index is 12.7. The fourth-order valence-electron chi connectivity index (χ4n) is 5.98. The first-order chi connectivity index (χ1) is 12.4. The monoisotopic (exact) mass is 358 g/mol. The number of carboxylic acids is 1. The quantitative estimate of drug-likeness (QED) is 0.818. The summed E-state index contributed by atoms with van der Waals surface area (Å²) in [6, 6.07) is 1.91. The van der Waals surface area contributed by atoms with E-state index in [1.807, 2.05) is 12.1 Å². The number of carboxylic acid groups (broad SMARTS) is 1. The van der Waals surface area contributed by atoms with Gasteiger partial charge in [0.15, 0.2) is 0 Å². The Hall–Kier alpha value is -2.04. The maximum absolute atomic E-state index is 12.7. The Balaban J connectivity index is 1.78. The Morgan fingerprint density at radius 2 is 2.23 bits per heavy atom. The largest absolute Gasteiger partial charge is 0.481 e. The van der Waals surface area contributed by atoms with E-state index in [2.05, 4.69) is 13.8 Å². The average molecular weight is 358 g/mol. The van der Waals surface area contributed by atoms with Gasteiger partial charge in [-0.2, -0.15) is 0 Å². The molecule has 1 aliphatic heterocycles. The van der Waals surface area contributed by atoms with Crippen LogP contribution >= 0.6 is 0 Å². The molecule has 3 aliphatic rings. The van der Waals surface area contributed by atoms with Crippen LogP contribution in [0.5, 0.6) is 0 Å². The first kappa shape index (κ1) is 17.4. The number of furan rings is 1. The Morgan fingerprint density at radius 1 is 1.42 bits per heavy atom. The van der Waals surface area contributed by atoms with Crippen molar-refractivity contribution in [2.45, 2.75) is 51.9 Å². The SMILES string of the molecule is C[C@H](C[C@@]1(C(=O)O)[C@H](C)CC[C@@]23COC(=O)C2=CCC[C@@H]31)c1ccoc1. The van der Waals surface area contributed by atoms with E-state index in [0.29, 0.717) is 13.0 Å². The van der Waals surface area contributed by atoms with Crippen molar-refractivity contribution < 1.29 is 23.8 Å². The van der Waals surface area contributed by atoms with Crippen molar-refractivity contribution in [2.75, 3.05) is 6.61 Å². The number of cyclic esters (lactones) is 1. The van der Waals surface area contributed by atoms with Crippen LogP contribution in [0.3, 0.4) is 0 Å². The highest BCUT2D eigenvalue weighted by Crippen LogP contribution is 2.64. The highest BCUT2D eigenvalue weighted by atomic mass is 16.5. The lowest BCUT2D eigenvalue weighted by Gasteiger charge is -2.56. The molecule has 1 saturated carbocycles. The molecule has 5 nitrogen and oxygen atoms in total. The number of hydrogen-bond acceptors (Lipinski definition) is 4. The summed E-state index contributed by atoms with van der Waals surface area (Å²) in [4.78, 5) is 25.0. The molecule has 1 saturated heterocycles. The normalized spacial score (nSPS) is 37.3. The van der Waals surface area contributed by atoms with Crippen molar-refractivity contribution in [3.05, 3.63) is 35.8 Å². The summed E-state index contributed by atoms with van der Waals surface area (Å²) < 4.78 is 10.6. The summed E-state index contributed by atoms with van der Waals surface area (Å²) in [6.07, 6.45) is 9.08. The molecule has 2 aliphatic carbocycles. The van der Waals surface area contributed by atoms with Crippen LogP contribution in [0.25, 0.3) is 0 Å². The highest BCUT2D eigenvalue weighted by molar-refractivity contribution is 5.93. The van der Waals surface area contributed by atoms with Gasteiger partial charge in [0.2, 0.25) is 0 Å². The van der Waals surface area contributed by atoms with Crippen molar-refractivity contribution >= 4 is 11.9 Å². The van der Waals surface area contributed by atoms with Crippen LogP contribution in [0, 0.1) is 22.7 Å². The number of allylic oxidation sites excluding steroid dienone is 1. The van der Waals surface area contributed by atoms with Gasteiger partial charge in [-0.05, 0) is 61.5 Å². The van der Waals surface area contributed by atoms with E-state index in [9.17, 15) is 14.7 Å². The van der Waals surface area contributed by atoms with Crippen LogP contribution in [-0.2, 0) is 14.3 Å². The number of carbonyl (C=O) groups excluding carboxylic acids is 1. The number of hydrogen-bond donors (Lipinski definition) is 1. The third-order valence-corrected chi connectivity index (χ3v) is 7.37. The molecule has 0 unspecified atom stereocenters. The highest BCUT2D eigenvalue weighted by Gasteiger charge is 2.65. The zero-order chi connectivity index (χ0) is 18.5. The van der Waals surface area contributed by atoms with E-state index >= 15 is 0 Å². The van der Waals surface area contributed by atoms with Crippen molar-refractivity contribution in [1.82, 2.24) is 0 Å². The third kappa shape index (κ3) is 2.22. The lowest BCUT2D eigenvalue weighted by molar-refractivity contribution is -0.171.